The van der Waals surface area contributed by atoms with E-state index in [4.69, 9.17) is 5.26 Å². The van der Waals surface area contributed by atoms with Crippen LogP contribution in [0, 0.1) is 16.9 Å². The molecule has 12 heavy (non-hydrogen) atoms. The van der Waals surface area contributed by atoms with Gasteiger partial charge in [0.25, 0.3) is 0 Å². The molecular weight excluding hydrogens is 164 g/mol. The highest BCUT2D eigenvalue weighted by molar-refractivity contribution is 6.77. The number of rotatable bonds is 2. The minimum absolute atomic E-state index is 0.0895. The van der Waals surface area contributed by atoms with Crippen molar-refractivity contribution in [2.45, 2.75) is 40.2 Å². The summed E-state index contributed by atoms with van der Waals surface area (Å²) < 4.78 is 0. The molecule has 0 aromatic heterocycles. The van der Waals surface area contributed by atoms with E-state index < -0.39 is 0 Å². The van der Waals surface area contributed by atoms with Gasteiger partial charge in [-0.3, -0.25) is 0 Å². The number of hydrogen-bond donors (Lipinski definition) is 0. The van der Waals surface area contributed by atoms with Gasteiger partial charge in [-0.2, -0.15) is 10.3 Å². The van der Waals surface area contributed by atoms with E-state index in [1.807, 2.05) is 6.19 Å². The Balaban J connectivity index is 4.50. The highest BCUT2D eigenvalue weighted by atomic mass is 28.2. The standard InChI is InChI=1S/C9H18N2Si/c1-7(2)12-8(11-6-10)9(3,4)5/h7H,12H2,1-5H3. The number of hydrogen-bond acceptors (Lipinski definition) is 2. The molecule has 0 unspecified atom stereocenters. The third kappa shape index (κ3) is 4.30. The highest BCUT2D eigenvalue weighted by Crippen LogP contribution is 2.18. The first-order chi connectivity index (χ1) is 5.38. The second-order valence-corrected chi connectivity index (χ2v) is 7.22. The second kappa shape index (κ2) is 4.41. The van der Waals surface area contributed by atoms with Gasteiger partial charge in [0.05, 0.1) is 9.52 Å². The summed E-state index contributed by atoms with van der Waals surface area (Å²) in [5, 5.41) is 9.64. The molecule has 0 N–H and O–H groups in total. The first kappa shape index (κ1) is 11.4. The lowest BCUT2D eigenvalue weighted by atomic mass is 9.99. The van der Waals surface area contributed by atoms with Gasteiger partial charge in [-0.1, -0.05) is 40.2 Å². The summed E-state index contributed by atoms with van der Waals surface area (Å²) in [6.45, 7) is 10.8. The Kier molecular flexibility index (Phi) is 4.19. The second-order valence-electron chi connectivity index (χ2n) is 4.51. The van der Waals surface area contributed by atoms with Gasteiger partial charge in [0, 0.05) is 5.33 Å². The van der Waals surface area contributed by atoms with Gasteiger partial charge >= 0.3 is 0 Å². The van der Waals surface area contributed by atoms with Crippen molar-refractivity contribution in [1.29, 1.82) is 5.26 Å². The zero-order valence-corrected chi connectivity index (χ0v) is 10.1. The van der Waals surface area contributed by atoms with E-state index >= 15 is 0 Å². The number of nitriles is 1. The summed E-state index contributed by atoms with van der Waals surface area (Å²) in [5.74, 6) is 0. The minimum Gasteiger partial charge on any atom is -0.188 e. The quantitative estimate of drug-likeness (QED) is 0.365. The Morgan fingerprint density at radius 1 is 1.42 bits per heavy atom. The summed E-state index contributed by atoms with van der Waals surface area (Å²) in [5.41, 5.74) is 0.794. The largest absolute Gasteiger partial charge is 0.205 e. The van der Waals surface area contributed by atoms with Crippen LogP contribution in [0.5, 0.6) is 0 Å². The van der Waals surface area contributed by atoms with E-state index in [0.717, 1.165) is 5.33 Å². The van der Waals surface area contributed by atoms with Crippen LogP contribution in [0.1, 0.15) is 34.6 Å². The van der Waals surface area contributed by atoms with Crippen LogP contribution in [0.25, 0.3) is 0 Å². The van der Waals surface area contributed by atoms with Crippen LogP contribution >= 0.6 is 0 Å². The topological polar surface area (TPSA) is 36.1 Å². The molecule has 0 aromatic carbocycles. The zero-order chi connectivity index (χ0) is 9.78. The first-order valence-electron chi connectivity index (χ1n) is 4.34. The molecule has 0 rings (SSSR count). The molecular formula is C9H18N2Si. The summed E-state index contributed by atoms with van der Waals surface area (Å²) in [6, 6.07) is 0. The average molecular weight is 182 g/mol. The predicted molar refractivity (Wildman–Crippen MR) is 56.1 cm³/mol. The van der Waals surface area contributed by atoms with Gasteiger partial charge in [-0.25, -0.2) is 0 Å². The van der Waals surface area contributed by atoms with Crippen LogP contribution in [0.4, 0.5) is 0 Å². The van der Waals surface area contributed by atoms with Gasteiger partial charge in [-0.05, 0) is 5.41 Å². The number of aliphatic imine (C=N–C) groups is 1. The maximum atomic E-state index is 8.50. The van der Waals surface area contributed by atoms with Crippen LogP contribution in [0.15, 0.2) is 4.99 Å². The van der Waals surface area contributed by atoms with Crippen molar-refractivity contribution in [3.05, 3.63) is 0 Å². The molecule has 0 saturated heterocycles. The van der Waals surface area contributed by atoms with Crippen LogP contribution in [-0.4, -0.2) is 14.9 Å². The molecule has 3 heteroatoms. The maximum Gasteiger partial charge on any atom is 0.205 e. The van der Waals surface area contributed by atoms with Crippen molar-refractivity contribution >= 4 is 14.9 Å². The third-order valence-electron chi connectivity index (χ3n) is 1.65. The van der Waals surface area contributed by atoms with Crippen molar-refractivity contribution < 1.29 is 0 Å². The average Bonchev–Trinajstić information content (AvgIpc) is 1.83. The third-order valence-corrected chi connectivity index (χ3v) is 4.07. The van der Waals surface area contributed by atoms with Crippen molar-refractivity contribution in [2.75, 3.05) is 0 Å². The van der Waals surface area contributed by atoms with Crippen LogP contribution in [0.3, 0.4) is 0 Å². The van der Waals surface area contributed by atoms with Gasteiger partial charge in [-0.15, -0.1) is 0 Å². The molecule has 0 fully saturated rings. The lowest BCUT2D eigenvalue weighted by Crippen LogP contribution is -2.27. The van der Waals surface area contributed by atoms with Crippen molar-refractivity contribution in [3.8, 4) is 6.19 Å². The Labute approximate surface area is 77.5 Å². The molecule has 0 radical (unpaired) electrons. The summed E-state index contributed by atoms with van der Waals surface area (Å²) in [4.78, 5) is 3.92. The molecule has 0 aliphatic heterocycles. The van der Waals surface area contributed by atoms with E-state index in [0.29, 0.717) is 5.54 Å². The Morgan fingerprint density at radius 2 is 1.92 bits per heavy atom. The molecule has 0 aliphatic rings. The van der Waals surface area contributed by atoms with E-state index in [1.165, 1.54) is 0 Å². The summed E-state index contributed by atoms with van der Waals surface area (Å²) in [7, 11) is -0.328. The molecule has 0 aromatic rings. The van der Waals surface area contributed by atoms with Crippen LogP contribution in [0.2, 0.25) is 5.54 Å². The first-order valence-corrected chi connectivity index (χ1v) is 5.86. The van der Waals surface area contributed by atoms with Crippen molar-refractivity contribution in [3.63, 3.8) is 0 Å². The van der Waals surface area contributed by atoms with Crippen LogP contribution in [-0.2, 0) is 0 Å². The van der Waals surface area contributed by atoms with Crippen LogP contribution < -0.4 is 0 Å². The van der Waals surface area contributed by atoms with Gasteiger partial charge in [0.1, 0.15) is 0 Å². The summed E-state index contributed by atoms with van der Waals surface area (Å²) >= 11 is 0. The Hall–Kier alpha value is -0.623. The van der Waals surface area contributed by atoms with E-state index in [-0.39, 0.29) is 14.9 Å². The van der Waals surface area contributed by atoms with Crippen molar-refractivity contribution in [2.24, 2.45) is 10.4 Å². The summed E-state index contributed by atoms with van der Waals surface area (Å²) in [6.07, 6.45) is 1.90. The number of nitrogens with zero attached hydrogens (tertiary/aromatic N) is 2. The molecule has 68 valence electrons. The van der Waals surface area contributed by atoms with E-state index in [1.54, 1.807) is 0 Å². The molecule has 0 bridgehead atoms. The van der Waals surface area contributed by atoms with Crippen molar-refractivity contribution in [1.82, 2.24) is 0 Å². The molecule has 0 aliphatic carbocycles. The predicted octanol–water partition coefficient (Wildman–Crippen LogP) is 1.91. The maximum absolute atomic E-state index is 8.50. The molecule has 0 saturated carbocycles. The normalized spacial score (nSPS) is 14.2. The Bertz CT molecular complexity index is 206. The Morgan fingerprint density at radius 3 is 2.17 bits per heavy atom. The molecule has 0 spiro atoms. The fraction of sp³-hybridized carbons (Fsp3) is 0.778. The fourth-order valence-electron chi connectivity index (χ4n) is 0.967. The van der Waals surface area contributed by atoms with E-state index in [9.17, 15) is 0 Å². The SMILES string of the molecule is CC(C)[SiH2]C(=NC#N)C(C)(C)C. The lowest BCUT2D eigenvalue weighted by molar-refractivity contribution is 0.599. The molecule has 0 heterocycles. The highest BCUT2D eigenvalue weighted by Gasteiger charge is 2.19. The fourth-order valence-corrected chi connectivity index (χ4v) is 2.51. The molecule has 2 nitrogen and oxygen atoms in total. The van der Waals surface area contributed by atoms with E-state index in [2.05, 4.69) is 39.6 Å². The van der Waals surface area contributed by atoms with Gasteiger partial charge in [0.15, 0.2) is 0 Å². The zero-order valence-electron chi connectivity index (χ0n) is 8.68. The monoisotopic (exact) mass is 182 g/mol. The van der Waals surface area contributed by atoms with Gasteiger partial charge < -0.3 is 0 Å². The molecule has 0 atom stereocenters. The lowest BCUT2D eigenvalue weighted by Gasteiger charge is -2.21. The molecule has 0 amide bonds. The van der Waals surface area contributed by atoms with Gasteiger partial charge in [0.2, 0.25) is 6.19 Å². The minimum atomic E-state index is -0.328. The smallest absolute Gasteiger partial charge is 0.188 e.